The first-order valence-electron chi connectivity index (χ1n) is 8.25. The molecule has 29 heavy (non-hydrogen) atoms. The Balaban J connectivity index is 1.65. The van der Waals surface area contributed by atoms with Crippen LogP contribution in [0, 0.1) is 5.82 Å². The lowest BCUT2D eigenvalue weighted by atomic mass is 10.3. The minimum absolute atomic E-state index is 0.252. The van der Waals surface area contributed by atoms with Crippen LogP contribution < -0.4 is 5.32 Å². The number of anilines is 1. The van der Waals surface area contributed by atoms with E-state index in [0.717, 1.165) is 4.90 Å². The van der Waals surface area contributed by atoms with Crippen LogP contribution in [0.1, 0.15) is 10.5 Å². The van der Waals surface area contributed by atoms with Gasteiger partial charge >= 0.3 is 0 Å². The third-order valence-electron chi connectivity index (χ3n) is 3.61. The summed E-state index contributed by atoms with van der Waals surface area (Å²) in [5.74, 6) is -0.686. The van der Waals surface area contributed by atoms with Gasteiger partial charge in [-0.15, -0.1) is 21.5 Å². The zero-order valence-electron chi connectivity index (χ0n) is 14.9. The predicted molar refractivity (Wildman–Crippen MR) is 110 cm³/mol. The second-order valence-corrected chi connectivity index (χ2v) is 8.67. The number of hydrogen-bond acceptors (Lipinski definition) is 8. The fourth-order valence-electron chi connectivity index (χ4n) is 2.26. The van der Waals surface area contributed by atoms with Gasteiger partial charge in [0.1, 0.15) is 22.9 Å². The van der Waals surface area contributed by atoms with Crippen molar-refractivity contribution in [1.82, 2.24) is 24.7 Å². The average Bonchev–Trinajstić information content (AvgIpc) is 3.37. The van der Waals surface area contributed by atoms with Gasteiger partial charge in [0.2, 0.25) is 0 Å². The van der Waals surface area contributed by atoms with E-state index in [9.17, 15) is 9.18 Å². The summed E-state index contributed by atoms with van der Waals surface area (Å²) < 4.78 is 15.0. The predicted octanol–water partition coefficient (Wildman–Crippen LogP) is 4.36. The van der Waals surface area contributed by atoms with Crippen molar-refractivity contribution in [3.63, 3.8) is 0 Å². The van der Waals surface area contributed by atoms with Crippen molar-refractivity contribution in [2.45, 2.75) is 20.0 Å². The van der Waals surface area contributed by atoms with Gasteiger partial charge in [-0.25, -0.2) is 14.4 Å². The van der Waals surface area contributed by atoms with Gasteiger partial charge in [0, 0.05) is 28.4 Å². The van der Waals surface area contributed by atoms with E-state index in [1.165, 1.54) is 47.0 Å². The lowest BCUT2D eigenvalue weighted by Gasteiger charge is -2.10. The van der Waals surface area contributed by atoms with Crippen LogP contribution in [0.25, 0.3) is 0 Å². The first-order valence-corrected chi connectivity index (χ1v) is 10.8. The Labute approximate surface area is 177 Å². The van der Waals surface area contributed by atoms with Crippen molar-refractivity contribution in [1.29, 1.82) is 0 Å². The molecule has 1 N–H and O–H groups in total. The molecule has 1 aromatic carbocycles. The number of benzene rings is 1. The molecule has 0 atom stereocenters. The summed E-state index contributed by atoms with van der Waals surface area (Å²) in [6.45, 7) is 0. The summed E-state index contributed by atoms with van der Waals surface area (Å²) in [5.41, 5.74) is 0.252. The normalized spacial score (nSPS) is 10.8. The SMILES string of the molecule is Cn1cnnc1Sc1ccc(Sc2ccc(F)cc2)c(C(=O)Nc2nccs2)n1. The van der Waals surface area contributed by atoms with Crippen molar-refractivity contribution in [3.05, 3.63) is 65.8 Å². The zero-order valence-corrected chi connectivity index (χ0v) is 17.4. The quantitative estimate of drug-likeness (QED) is 0.473. The van der Waals surface area contributed by atoms with E-state index in [4.69, 9.17) is 0 Å². The molecule has 0 spiro atoms. The minimum atomic E-state index is -0.370. The lowest BCUT2D eigenvalue weighted by molar-refractivity contribution is 0.101. The van der Waals surface area contributed by atoms with Gasteiger partial charge in [-0.05, 0) is 48.2 Å². The molecule has 0 aliphatic rings. The number of thiazole rings is 1. The standard InChI is InChI=1S/C18H13FN6OS3/c1-25-10-21-24-18(25)29-14-7-6-13(28-12-4-2-11(19)3-5-12)15(22-14)16(26)23-17-20-8-9-27-17/h2-10H,1H3,(H,20,23,26). The molecule has 0 saturated heterocycles. The molecule has 3 heterocycles. The molecule has 4 aromatic rings. The first-order chi connectivity index (χ1) is 14.1. The maximum absolute atomic E-state index is 13.2. The second kappa shape index (κ2) is 8.72. The number of carbonyl (C=O) groups excluding carboxylic acids is 1. The van der Waals surface area contributed by atoms with Crippen LogP contribution in [0.5, 0.6) is 0 Å². The Morgan fingerprint density at radius 1 is 1.17 bits per heavy atom. The number of carbonyl (C=O) groups is 1. The molecular weight excluding hydrogens is 431 g/mol. The number of pyridine rings is 1. The number of aryl methyl sites for hydroxylation is 1. The van der Waals surface area contributed by atoms with E-state index in [2.05, 4.69) is 25.5 Å². The van der Waals surface area contributed by atoms with Gasteiger partial charge in [0.15, 0.2) is 10.3 Å². The van der Waals surface area contributed by atoms with Crippen LogP contribution in [0.3, 0.4) is 0 Å². The maximum atomic E-state index is 13.2. The van der Waals surface area contributed by atoms with Crippen LogP contribution in [-0.2, 0) is 7.05 Å². The topological polar surface area (TPSA) is 85.6 Å². The van der Waals surface area contributed by atoms with Crippen LogP contribution >= 0.6 is 34.9 Å². The molecule has 3 aromatic heterocycles. The summed E-state index contributed by atoms with van der Waals surface area (Å²) >= 11 is 3.96. The summed E-state index contributed by atoms with van der Waals surface area (Å²) in [6, 6.07) is 9.70. The van der Waals surface area contributed by atoms with E-state index in [1.807, 2.05) is 19.2 Å². The van der Waals surface area contributed by atoms with E-state index in [0.29, 0.717) is 20.2 Å². The van der Waals surface area contributed by atoms with Gasteiger partial charge in [0.05, 0.1) is 0 Å². The average molecular weight is 445 g/mol. The molecule has 146 valence electrons. The third kappa shape index (κ3) is 4.81. The van der Waals surface area contributed by atoms with Crippen molar-refractivity contribution in [3.8, 4) is 0 Å². The molecule has 0 radical (unpaired) electrons. The molecule has 4 rings (SSSR count). The number of amides is 1. The van der Waals surface area contributed by atoms with Gasteiger partial charge in [0.25, 0.3) is 5.91 Å². The highest BCUT2D eigenvalue weighted by Crippen LogP contribution is 2.33. The smallest absolute Gasteiger partial charge is 0.277 e. The van der Waals surface area contributed by atoms with Gasteiger partial charge < -0.3 is 4.57 Å². The molecule has 11 heteroatoms. The van der Waals surface area contributed by atoms with Crippen LogP contribution in [0.4, 0.5) is 9.52 Å². The lowest BCUT2D eigenvalue weighted by Crippen LogP contribution is -2.15. The molecule has 0 unspecified atom stereocenters. The molecule has 7 nitrogen and oxygen atoms in total. The van der Waals surface area contributed by atoms with Crippen molar-refractivity contribution < 1.29 is 9.18 Å². The van der Waals surface area contributed by atoms with E-state index in [-0.39, 0.29) is 17.4 Å². The summed E-state index contributed by atoms with van der Waals surface area (Å²) in [7, 11) is 1.83. The highest BCUT2D eigenvalue weighted by atomic mass is 32.2. The molecule has 0 bridgehead atoms. The first kappa shape index (κ1) is 19.6. The number of hydrogen-bond donors (Lipinski definition) is 1. The Hall–Kier alpha value is -2.76. The highest BCUT2D eigenvalue weighted by molar-refractivity contribution is 7.99. The van der Waals surface area contributed by atoms with E-state index < -0.39 is 0 Å². The van der Waals surface area contributed by atoms with E-state index in [1.54, 1.807) is 34.6 Å². The number of nitrogens with one attached hydrogen (secondary N) is 1. The largest absolute Gasteiger partial charge is 0.311 e. The fraction of sp³-hybridized carbons (Fsp3) is 0.0556. The summed E-state index contributed by atoms with van der Waals surface area (Å²) in [5, 5.41) is 14.2. The Morgan fingerprint density at radius 2 is 2.00 bits per heavy atom. The van der Waals surface area contributed by atoms with Gasteiger partial charge in [-0.3, -0.25) is 10.1 Å². The maximum Gasteiger partial charge on any atom is 0.277 e. The van der Waals surface area contributed by atoms with Gasteiger partial charge in [-0.2, -0.15) is 0 Å². The Kier molecular flexibility index (Phi) is 5.88. The summed E-state index contributed by atoms with van der Waals surface area (Å²) in [6.07, 6.45) is 3.21. The molecular formula is C18H13FN6OS3. The molecule has 0 saturated carbocycles. The minimum Gasteiger partial charge on any atom is -0.311 e. The molecule has 0 fully saturated rings. The zero-order chi connectivity index (χ0) is 20.2. The second-order valence-electron chi connectivity index (χ2n) is 5.67. The number of halogens is 1. The Morgan fingerprint density at radius 3 is 2.69 bits per heavy atom. The van der Waals surface area contributed by atoms with Crippen molar-refractivity contribution in [2.24, 2.45) is 7.05 Å². The van der Waals surface area contributed by atoms with E-state index >= 15 is 0 Å². The van der Waals surface area contributed by atoms with Crippen LogP contribution in [0.15, 0.2) is 74.3 Å². The van der Waals surface area contributed by atoms with Crippen LogP contribution in [-0.4, -0.2) is 30.6 Å². The van der Waals surface area contributed by atoms with Crippen molar-refractivity contribution in [2.75, 3.05) is 5.32 Å². The number of nitrogens with zero attached hydrogens (tertiary/aromatic N) is 5. The fourth-order valence-corrected chi connectivity index (χ4v) is 4.42. The number of aromatic nitrogens is 5. The van der Waals surface area contributed by atoms with Crippen LogP contribution in [0.2, 0.25) is 0 Å². The Bertz CT molecular complexity index is 1130. The molecule has 0 aliphatic carbocycles. The summed E-state index contributed by atoms with van der Waals surface area (Å²) in [4.78, 5) is 22.9. The highest BCUT2D eigenvalue weighted by Gasteiger charge is 2.18. The third-order valence-corrected chi connectivity index (χ3v) is 6.34. The van der Waals surface area contributed by atoms with Gasteiger partial charge in [-0.1, -0.05) is 11.8 Å². The monoisotopic (exact) mass is 444 g/mol. The molecule has 1 amide bonds. The van der Waals surface area contributed by atoms with Crippen molar-refractivity contribution >= 4 is 45.9 Å². The number of rotatable bonds is 6. The molecule has 0 aliphatic heterocycles.